The lowest BCUT2D eigenvalue weighted by molar-refractivity contribution is 0.604. The molecule has 0 saturated heterocycles. The second-order valence-corrected chi connectivity index (χ2v) is 6.67. The highest BCUT2D eigenvalue weighted by Crippen LogP contribution is 2.22. The molecule has 0 aliphatic carbocycles. The molecule has 7 heteroatoms. The first-order valence-electron chi connectivity index (χ1n) is 6.10. The smallest absolute Gasteiger partial charge is 0.229 e. The van der Waals surface area contributed by atoms with Gasteiger partial charge in [-0.1, -0.05) is 29.8 Å². The van der Waals surface area contributed by atoms with Gasteiger partial charge in [0, 0.05) is 17.3 Å². The highest BCUT2D eigenvalue weighted by atomic mass is 35.5. The van der Waals surface area contributed by atoms with Crippen molar-refractivity contribution in [2.24, 2.45) is 0 Å². The summed E-state index contributed by atoms with van der Waals surface area (Å²) in [4.78, 5) is 0. The van der Waals surface area contributed by atoms with Gasteiger partial charge in [-0.15, -0.1) is 0 Å². The van der Waals surface area contributed by atoms with Crippen LogP contribution in [-0.2, 0) is 16.6 Å². The van der Waals surface area contributed by atoms with Gasteiger partial charge in [0.2, 0.25) is 10.0 Å². The van der Waals surface area contributed by atoms with Gasteiger partial charge < -0.3 is 5.32 Å². The van der Waals surface area contributed by atoms with Crippen molar-refractivity contribution < 1.29 is 12.8 Å². The fourth-order valence-electron chi connectivity index (χ4n) is 1.75. The zero-order chi connectivity index (χ0) is 15.5. The van der Waals surface area contributed by atoms with E-state index in [0.717, 1.165) is 11.8 Å². The van der Waals surface area contributed by atoms with Gasteiger partial charge in [-0.3, -0.25) is 4.72 Å². The van der Waals surface area contributed by atoms with Crippen LogP contribution in [0.5, 0.6) is 0 Å². The Balaban J connectivity index is 2.14. The van der Waals surface area contributed by atoms with E-state index < -0.39 is 15.8 Å². The minimum Gasteiger partial charge on any atom is -0.381 e. The molecular weight excluding hydrogens is 315 g/mol. The van der Waals surface area contributed by atoms with Crippen LogP contribution in [0.3, 0.4) is 0 Å². The largest absolute Gasteiger partial charge is 0.381 e. The molecule has 0 unspecified atom stereocenters. The van der Waals surface area contributed by atoms with Crippen molar-refractivity contribution in [1.82, 2.24) is 0 Å². The Morgan fingerprint density at radius 3 is 2.57 bits per heavy atom. The Labute approximate surface area is 128 Å². The minimum atomic E-state index is -3.53. The molecule has 4 nitrogen and oxygen atoms in total. The van der Waals surface area contributed by atoms with E-state index in [4.69, 9.17) is 11.6 Å². The van der Waals surface area contributed by atoms with E-state index in [-0.39, 0.29) is 5.69 Å². The summed E-state index contributed by atoms with van der Waals surface area (Å²) in [7, 11) is -3.53. The quantitative estimate of drug-likeness (QED) is 0.883. The Kier molecular flexibility index (Phi) is 4.69. The number of hydrogen-bond donors (Lipinski definition) is 2. The van der Waals surface area contributed by atoms with Crippen LogP contribution in [0.4, 0.5) is 15.8 Å². The number of benzene rings is 2. The minimum absolute atomic E-state index is 0.0957. The molecule has 112 valence electrons. The molecule has 0 saturated carbocycles. The van der Waals surface area contributed by atoms with Crippen molar-refractivity contribution in [2.75, 3.05) is 16.3 Å². The molecule has 0 radical (unpaired) electrons. The Morgan fingerprint density at radius 2 is 1.90 bits per heavy atom. The summed E-state index contributed by atoms with van der Waals surface area (Å²) in [5, 5.41) is 3.70. The van der Waals surface area contributed by atoms with Gasteiger partial charge in [-0.25, -0.2) is 12.8 Å². The van der Waals surface area contributed by atoms with Crippen LogP contribution in [0.15, 0.2) is 42.5 Å². The molecule has 0 aliphatic rings. The lowest BCUT2D eigenvalue weighted by Crippen LogP contribution is -2.11. The SMILES string of the molecule is CS(=O)(=O)Nc1cc(NCc2ccccc2Cl)ccc1F. The van der Waals surface area contributed by atoms with Crippen molar-refractivity contribution >= 4 is 33.0 Å². The molecule has 21 heavy (non-hydrogen) atoms. The average molecular weight is 329 g/mol. The zero-order valence-corrected chi connectivity index (χ0v) is 12.8. The number of hydrogen-bond acceptors (Lipinski definition) is 3. The predicted octanol–water partition coefficient (Wildman–Crippen LogP) is 3.46. The first-order chi connectivity index (χ1) is 9.85. The summed E-state index contributed by atoms with van der Waals surface area (Å²) in [6, 6.07) is 11.5. The van der Waals surface area contributed by atoms with E-state index in [2.05, 4.69) is 10.0 Å². The van der Waals surface area contributed by atoms with Crippen LogP contribution < -0.4 is 10.0 Å². The van der Waals surface area contributed by atoms with E-state index in [1.807, 2.05) is 18.2 Å². The van der Waals surface area contributed by atoms with Crippen molar-refractivity contribution in [2.45, 2.75) is 6.54 Å². The Morgan fingerprint density at radius 1 is 1.19 bits per heavy atom. The lowest BCUT2D eigenvalue weighted by atomic mass is 10.2. The van der Waals surface area contributed by atoms with Gasteiger partial charge in [0.25, 0.3) is 0 Å². The highest BCUT2D eigenvalue weighted by Gasteiger charge is 2.08. The molecule has 0 spiro atoms. The van der Waals surface area contributed by atoms with Crippen molar-refractivity contribution in [3.8, 4) is 0 Å². The first kappa shape index (κ1) is 15.6. The third-order valence-electron chi connectivity index (χ3n) is 2.70. The fourth-order valence-corrected chi connectivity index (χ4v) is 2.51. The molecule has 2 N–H and O–H groups in total. The fraction of sp³-hybridized carbons (Fsp3) is 0.143. The van der Waals surface area contributed by atoms with Crippen LogP contribution >= 0.6 is 11.6 Å². The van der Waals surface area contributed by atoms with Gasteiger partial charge in [-0.2, -0.15) is 0 Å². The van der Waals surface area contributed by atoms with Crippen LogP contribution in [0.1, 0.15) is 5.56 Å². The monoisotopic (exact) mass is 328 g/mol. The van der Waals surface area contributed by atoms with Crippen LogP contribution in [-0.4, -0.2) is 14.7 Å². The zero-order valence-electron chi connectivity index (χ0n) is 11.2. The van der Waals surface area contributed by atoms with E-state index in [0.29, 0.717) is 17.3 Å². The maximum atomic E-state index is 13.6. The van der Waals surface area contributed by atoms with Crippen LogP contribution in [0, 0.1) is 5.82 Å². The molecule has 0 amide bonds. The van der Waals surface area contributed by atoms with E-state index in [1.54, 1.807) is 6.07 Å². The van der Waals surface area contributed by atoms with Crippen molar-refractivity contribution in [1.29, 1.82) is 0 Å². The normalized spacial score (nSPS) is 11.2. The lowest BCUT2D eigenvalue weighted by Gasteiger charge is -2.11. The number of sulfonamides is 1. The second kappa shape index (κ2) is 6.32. The average Bonchev–Trinajstić information content (AvgIpc) is 2.39. The molecular formula is C14H14ClFN2O2S. The van der Waals surface area contributed by atoms with Crippen LogP contribution in [0.25, 0.3) is 0 Å². The maximum Gasteiger partial charge on any atom is 0.229 e. The third kappa shape index (κ3) is 4.61. The van der Waals surface area contributed by atoms with Crippen molar-refractivity contribution in [3.05, 3.63) is 58.9 Å². The van der Waals surface area contributed by atoms with Gasteiger partial charge in [0.05, 0.1) is 11.9 Å². The Hall–Kier alpha value is -1.79. The summed E-state index contributed by atoms with van der Waals surface area (Å²) in [6.07, 6.45) is 0.969. The Bertz CT molecular complexity index is 750. The van der Waals surface area contributed by atoms with Gasteiger partial charge in [0.1, 0.15) is 5.82 Å². The van der Waals surface area contributed by atoms with E-state index in [1.165, 1.54) is 18.2 Å². The summed E-state index contributed by atoms with van der Waals surface area (Å²) in [6.45, 7) is 0.448. The topological polar surface area (TPSA) is 58.2 Å². The van der Waals surface area contributed by atoms with Gasteiger partial charge in [0.15, 0.2) is 0 Å². The van der Waals surface area contributed by atoms with Crippen LogP contribution in [0.2, 0.25) is 5.02 Å². The summed E-state index contributed by atoms with van der Waals surface area (Å²) in [5.74, 6) is -0.635. The molecule has 2 aromatic rings. The molecule has 0 atom stereocenters. The molecule has 0 bridgehead atoms. The number of anilines is 2. The molecule has 0 heterocycles. The number of halogens is 2. The summed E-state index contributed by atoms with van der Waals surface area (Å²) in [5.41, 5.74) is 1.38. The van der Waals surface area contributed by atoms with E-state index >= 15 is 0 Å². The third-order valence-corrected chi connectivity index (χ3v) is 3.66. The molecule has 0 aliphatic heterocycles. The maximum absolute atomic E-state index is 13.6. The van der Waals surface area contributed by atoms with E-state index in [9.17, 15) is 12.8 Å². The highest BCUT2D eigenvalue weighted by molar-refractivity contribution is 7.92. The summed E-state index contributed by atoms with van der Waals surface area (Å²) < 4.78 is 38.0. The molecule has 0 aromatic heterocycles. The molecule has 2 rings (SSSR count). The molecule has 2 aromatic carbocycles. The number of nitrogens with one attached hydrogen (secondary N) is 2. The van der Waals surface area contributed by atoms with Gasteiger partial charge in [-0.05, 0) is 29.8 Å². The molecule has 0 fully saturated rings. The number of rotatable bonds is 5. The van der Waals surface area contributed by atoms with Crippen molar-refractivity contribution in [3.63, 3.8) is 0 Å². The second-order valence-electron chi connectivity index (χ2n) is 4.51. The van der Waals surface area contributed by atoms with Gasteiger partial charge >= 0.3 is 0 Å². The summed E-state index contributed by atoms with van der Waals surface area (Å²) >= 11 is 6.04. The first-order valence-corrected chi connectivity index (χ1v) is 8.37. The predicted molar refractivity (Wildman–Crippen MR) is 83.6 cm³/mol. The standard InChI is InChI=1S/C14H14ClFN2O2S/c1-21(19,20)18-14-8-11(6-7-13(14)16)17-9-10-4-2-3-5-12(10)15/h2-8,17-18H,9H2,1H3.